The molecule has 27 heavy (non-hydrogen) atoms. The quantitative estimate of drug-likeness (QED) is 0.563. The minimum atomic E-state index is -0.0554. The summed E-state index contributed by atoms with van der Waals surface area (Å²) in [6.45, 7) is 3.37. The molecule has 1 aliphatic rings. The third-order valence-corrected chi connectivity index (χ3v) is 6.08. The monoisotopic (exact) mass is 402 g/mol. The van der Waals surface area contributed by atoms with Crippen LogP contribution in [0.4, 0.5) is 0 Å². The van der Waals surface area contributed by atoms with Gasteiger partial charge in [-0.2, -0.15) is 0 Å². The minimum Gasteiger partial charge on any atom is -0.461 e. The molecule has 5 nitrogen and oxygen atoms in total. The lowest BCUT2D eigenvalue weighted by atomic mass is 9.88. The Morgan fingerprint density at radius 3 is 2.59 bits per heavy atom. The summed E-state index contributed by atoms with van der Waals surface area (Å²) in [5.41, 5.74) is 1.22. The van der Waals surface area contributed by atoms with Gasteiger partial charge in [0.1, 0.15) is 0 Å². The van der Waals surface area contributed by atoms with Gasteiger partial charge in [-0.25, -0.2) is 4.68 Å². The molecule has 1 aromatic carbocycles. The van der Waals surface area contributed by atoms with Crippen LogP contribution in [0.2, 0.25) is 5.02 Å². The molecule has 1 aliphatic carbocycles. The Hall–Kier alpha value is -1.89. The summed E-state index contributed by atoms with van der Waals surface area (Å²) in [6, 6.07) is 11.9. The molecule has 0 atom stereocenters. The highest BCUT2D eigenvalue weighted by atomic mass is 35.5. The van der Waals surface area contributed by atoms with E-state index in [1.54, 1.807) is 6.26 Å². The highest BCUT2D eigenvalue weighted by molar-refractivity contribution is 7.71. The molecule has 1 fully saturated rings. The molecule has 0 aliphatic heterocycles. The second-order valence-electron chi connectivity index (χ2n) is 6.96. The molecule has 0 saturated heterocycles. The highest BCUT2D eigenvalue weighted by Gasteiger charge is 2.35. The van der Waals surface area contributed by atoms with Crippen molar-refractivity contribution < 1.29 is 4.42 Å². The number of benzene rings is 1. The standard InChI is InChI=1S/C20H23ClN4OS/c1-2-24-18(17-6-5-13-26-17)23-25(19(24)27)14-22-20(11-3-4-12-20)15-7-9-16(21)10-8-15/h5-10,13,22H,2-4,11-12,14H2,1H3. The van der Waals surface area contributed by atoms with Crippen LogP contribution in [0.1, 0.15) is 38.2 Å². The zero-order valence-corrected chi connectivity index (χ0v) is 16.9. The lowest BCUT2D eigenvalue weighted by Gasteiger charge is -2.31. The van der Waals surface area contributed by atoms with Crippen LogP contribution in [0.15, 0.2) is 47.1 Å². The van der Waals surface area contributed by atoms with Gasteiger partial charge in [0.25, 0.3) is 0 Å². The SMILES string of the molecule is CCn1c(-c2ccco2)nn(CNC2(c3ccc(Cl)cc3)CCCC2)c1=S. The van der Waals surface area contributed by atoms with Crippen molar-refractivity contribution in [3.05, 3.63) is 58.0 Å². The van der Waals surface area contributed by atoms with Crippen molar-refractivity contribution in [2.75, 3.05) is 0 Å². The number of hydrogen-bond donors (Lipinski definition) is 1. The summed E-state index contributed by atoms with van der Waals surface area (Å²) in [6.07, 6.45) is 6.27. The minimum absolute atomic E-state index is 0.0554. The molecular formula is C20H23ClN4OS. The first-order valence-electron chi connectivity index (χ1n) is 9.35. The maximum atomic E-state index is 6.08. The molecule has 142 valence electrons. The average molecular weight is 403 g/mol. The zero-order chi connectivity index (χ0) is 18.9. The average Bonchev–Trinajstić information content (AvgIpc) is 3.41. The molecule has 2 heterocycles. The maximum absolute atomic E-state index is 6.08. The number of nitrogens with zero attached hydrogens (tertiary/aromatic N) is 3. The zero-order valence-electron chi connectivity index (χ0n) is 15.3. The Labute approximate surface area is 169 Å². The van der Waals surface area contributed by atoms with Gasteiger partial charge < -0.3 is 4.42 Å². The van der Waals surface area contributed by atoms with Gasteiger partial charge in [-0.3, -0.25) is 9.88 Å². The Bertz CT molecular complexity index is 953. The molecule has 4 rings (SSSR count). The van der Waals surface area contributed by atoms with Crippen molar-refractivity contribution >= 4 is 23.8 Å². The fourth-order valence-corrected chi connectivity index (χ4v) is 4.41. The predicted molar refractivity (Wildman–Crippen MR) is 109 cm³/mol. The van der Waals surface area contributed by atoms with E-state index in [1.165, 1.54) is 18.4 Å². The number of rotatable bonds is 6. The van der Waals surface area contributed by atoms with Gasteiger partial charge in [-0.1, -0.05) is 36.6 Å². The largest absolute Gasteiger partial charge is 0.461 e. The van der Waals surface area contributed by atoms with Crippen LogP contribution < -0.4 is 5.32 Å². The molecule has 3 aromatic rings. The van der Waals surface area contributed by atoms with Gasteiger partial charge in [-0.05, 0) is 61.8 Å². The molecule has 1 N–H and O–H groups in total. The van der Waals surface area contributed by atoms with Gasteiger partial charge in [-0.15, -0.1) is 5.10 Å². The first-order chi connectivity index (χ1) is 13.1. The number of furan rings is 1. The van der Waals surface area contributed by atoms with E-state index in [0.717, 1.165) is 36.0 Å². The third-order valence-electron chi connectivity index (χ3n) is 5.40. The summed E-state index contributed by atoms with van der Waals surface area (Å²) in [5.74, 6) is 1.50. The number of aromatic nitrogens is 3. The van der Waals surface area contributed by atoms with E-state index >= 15 is 0 Å². The van der Waals surface area contributed by atoms with E-state index in [2.05, 4.69) is 24.4 Å². The molecule has 1 saturated carbocycles. The topological polar surface area (TPSA) is 47.9 Å². The molecule has 0 spiro atoms. The van der Waals surface area contributed by atoms with Gasteiger partial charge >= 0.3 is 0 Å². The summed E-state index contributed by atoms with van der Waals surface area (Å²) in [4.78, 5) is 0. The van der Waals surface area contributed by atoms with Crippen molar-refractivity contribution in [1.82, 2.24) is 19.7 Å². The van der Waals surface area contributed by atoms with Crippen molar-refractivity contribution in [3.63, 3.8) is 0 Å². The maximum Gasteiger partial charge on any atom is 0.199 e. The molecule has 0 amide bonds. The summed E-state index contributed by atoms with van der Waals surface area (Å²) in [7, 11) is 0. The molecule has 7 heteroatoms. The Morgan fingerprint density at radius 2 is 1.96 bits per heavy atom. The smallest absolute Gasteiger partial charge is 0.199 e. The van der Waals surface area contributed by atoms with E-state index in [1.807, 2.05) is 33.5 Å². The number of halogens is 1. The van der Waals surface area contributed by atoms with Gasteiger partial charge in [0.15, 0.2) is 16.4 Å². The lowest BCUT2D eigenvalue weighted by Crippen LogP contribution is -2.41. The van der Waals surface area contributed by atoms with Crippen molar-refractivity contribution in [3.8, 4) is 11.6 Å². The van der Waals surface area contributed by atoms with Crippen LogP contribution in [0, 0.1) is 4.77 Å². The summed E-state index contributed by atoms with van der Waals surface area (Å²) >= 11 is 11.7. The van der Waals surface area contributed by atoms with Crippen molar-refractivity contribution in [2.24, 2.45) is 0 Å². The Kier molecular flexibility index (Phi) is 5.21. The van der Waals surface area contributed by atoms with Crippen LogP contribution in [-0.2, 0) is 18.8 Å². The summed E-state index contributed by atoms with van der Waals surface area (Å²) < 4.78 is 10.1. The fourth-order valence-electron chi connectivity index (χ4n) is 3.96. The van der Waals surface area contributed by atoms with E-state index in [-0.39, 0.29) is 5.54 Å². The van der Waals surface area contributed by atoms with Gasteiger partial charge in [0.05, 0.1) is 12.9 Å². The normalized spacial score (nSPS) is 16.1. The molecule has 0 radical (unpaired) electrons. The third kappa shape index (κ3) is 3.49. The Morgan fingerprint density at radius 1 is 1.22 bits per heavy atom. The molecule has 2 aromatic heterocycles. The van der Waals surface area contributed by atoms with Crippen molar-refractivity contribution in [1.29, 1.82) is 0 Å². The van der Waals surface area contributed by atoms with Gasteiger partial charge in [0.2, 0.25) is 0 Å². The Balaban J connectivity index is 1.62. The van der Waals surface area contributed by atoms with Gasteiger partial charge in [0, 0.05) is 17.1 Å². The van der Waals surface area contributed by atoms with Crippen LogP contribution in [0.5, 0.6) is 0 Å². The number of nitrogens with one attached hydrogen (secondary N) is 1. The summed E-state index contributed by atoms with van der Waals surface area (Å²) in [5, 5.41) is 9.23. The molecule has 0 bridgehead atoms. The van der Waals surface area contributed by atoms with Crippen LogP contribution >= 0.6 is 23.8 Å². The number of hydrogen-bond acceptors (Lipinski definition) is 4. The second kappa shape index (κ2) is 7.62. The van der Waals surface area contributed by atoms with E-state index in [0.29, 0.717) is 11.4 Å². The second-order valence-corrected chi connectivity index (χ2v) is 7.76. The van der Waals surface area contributed by atoms with Crippen LogP contribution in [0.25, 0.3) is 11.6 Å². The molecular weight excluding hydrogens is 380 g/mol. The van der Waals surface area contributed by atoms with Crippen LogP contribution in [0.3, 0.4) is 0 Å². The predicted octanol–water partition coefficient (Wildman–Crippen LogP) is 5.36. The highest BCUT2D eigenvalue weighted by Crippen LogP contribution is 2.39. The first kappa shape index (κ1) is 18.5. The van der Waals surface area contributed by atoms with E-state index in [9.17, 15) is 0 Å². The van der Waals surface area contributed by atoms with E-state index < -0.39 is 0 Å². The first-order valence-corrected chi connectivity index (χ1v) is 10.1. The van der Waals surface area contributed by atoms with Crippen molar-refractivity contribution in [2.45, 2.75) is 51.4 Å². The lowest BCUT2D eigenvalue weighted by molar-refractivity contribution is 0.297. The van der Waals surface area contributed by atoms with Crippen LogP contribution in [-0.4, -0.2) is 14.3 Å². The van der Waals surface area contributed by atoms with E-state index in [4.69, 9.17) is 33.3 Å². The molecule has 0 unspecified atom stereocenters. The fraction of sp³-hybridized carbons (Fsp3) is 0.400.